The molecule has 6 nitrogen and oxygen atoms in total. The summed E-state index contributed by atoms with van der Waals surface area (Å²) in [6, 6.07) is 4.92. The van der Waals surface area contributed by atoms with Gasteiger partial charge in [0.2, 0.25) is 10.0 Å². The Morgan fingerprint density at radius 1 is 1.28 bits per heavy atom. The Balaban J connectivity index is 1.93. The highest BCUT2D eigenvalue weighted by molar-refractivity contribution is 7.89. The number of benzene rings is 1. The third-order valence-corrected chi connectivity index (χ3v) is 5.64. The maximum atomic E-state index is 12.2. The number of rotatable bonds is 8. The van der Waals surface area contributed by atoms with Crippen LogP contribution in [0.4, 0.5) is 0 Å². The number of nitrogens with one attached hydrogen (secondary N) is 2. The van der Waals surface area contributed by atoms with Crippen LogP contribution in [0.1, 0.15) is 45.1 Å². The molecule has 2 N–H and O–H groups in total. The van der Waals surface area contributed by atoms with E-state index in [1.807, 2.05) is 13.8 Å². The van der Waals surface area contributed by atoms with Crippen molar-refractivity contribution in [2.75, 3.05) is 13.2 Å². The van der Waals surface area contributed by atoms with Crippen LogP contribution in [0.15, 0.2) is 23.1 Å². The van der Waals surface area contributed by atoms with Gasteiger partial charge in [0, 0.05) is 12.6 Å². The van der Waals surface area contributed by atoms with Crippen LogP contribution in [0.25, 0.3) is 0 Å². The second-order valence-corrected chi connectivity index (χ2v) is 8.78. The van der Waals surface area contributed by atoms with Crippen molar-refractivity contribution in [3.05, 3.63) is 23.8 Å². The van der Waals surface area contributed by atoms with Crippen molar-refractivity contribution in [1.82, 2.24) is 10.0 Å². The predicted molar refractivity (Wildman–Crippen MR) is 97.1 cm³/mol. The van der Waals surface area contributed by atoms with Gasteiger partial charge >= 0.3 is 0 Å². The molecule has 0 spiro atoms. The Kier molecular flexibility index (Phi) is 6.84. The second kappa shape index (κ2) is 8.67. The molecule has 0 radical (unpaired) electrons. The Morgan fingerprint density at radius 3 is 2.56 bits per heavy atom. The molecule has 1 aliphatic rings. The van der Waals surface area contributed by atoms with Gasteiger partial charge in [0.15, 0.2) is 6.61 Å². The lowest BCUT2D eigenvalue weighted by atomic mass is 10.2. The van der Waals surface area contributed by atoms with Crippen LogP contribution in [-0.2, 0) is 14.8 Å². The molecule has 0 bridgehead atoms. The molecule has 0 aromatic heterocycles. The van der Waals surface area contributed by atoms with Crippen molar-refractivity contribution in [2.45, 2.75) is 57.4 Å². The molecule has 1 saturated carbocycles. The molecule has 0 heterocycles. The molecule has 0 atom stereocenters. The lowest BCUT2D eigenvalue weighted by Crippen LogP contribution is -2.36. The van der Waals surface area contributed by atoms with Gasteiger partial charge in [-0.1, -0.05) is 26.7 Å². The molecule has 140 valence electrons. The van der Waals surface area contributed by atoms with Gasteiger partial charge in [-0.05, 0) is 49.4 Å². The fraction of sp³-hybridized carbons (Fsp3) is 0.611. The van der Waals surface area contributed by atoms with Gasteiger partial charge in [-0.25, -0.2) is 13.1 Å². The minimum absolute atomic E-state index is 0.0605. The summed E-state index contributed by atoms with van der Waals surface area (Å²) in [5.41, 5.74) is 0.682. The lowest BCUT2D eigenvalue weighted by molar-refractivity contribution is -0.123. The first-order chi connectivity index (χ1) is 11.8. The molecule has 1 aromatic carbocycles. The number of carbonyl (C=O) groups excluding carboxylic acids is 1. The van der Waals surface area contributed by atoms with Crippen LogP contribution in [0, 0.1) is 12.8 Å². The van der Waals surface area contributed by atoms with E-state index in [0.717, 1.165) is 25.7 Å². The normalized spacial score (nSPS) is 15.5. The number of hydrogen-bond acceptors (Lipinski definition) is 4. The Labute approximate surface area is 150 Å². The van der Waals surface area contributed by atoms with Gasteiger partial charge in [0.25, 0.3) is 5.91 Å². The highest BCUT2D eigenvalue weighted by Gasteiger charge is 2.18. The van der Waals surface area contributed by atoms with Gasteiger partial charge in [-0.15, -0.1) is 0 Å². The van der Waals surface area contributed by atoms with E-state index < -0.39 is 10.0 Å². The number of ether oxygens (including phenoxy) is 1. The summed E-state index contributed by atoms with van der Waals surface area (Å²) >= 11 is 0. The fourth-order valence-corrected chi connectivity index (χ4v) is 4.09. The third kappa shape index (κ3) is 6.01. The van der Waals surface area contributed by atoms with Crippen molar-refractivity contribution in [3.63, 3.8) is 0 Å². The smallest absolute Gasteiger partial charge is 0.258 e. The van der Waals surface area contributed by atoms with E-state index in [0.29, 0.717) is 17.9 Å². The van der Waals surface area contributed by atoms with Gasteiger partial charge in [-0.3, -0.25) is 4.79 Å². The van der Waals surface area contributed by atoms with Crippen LogP contribution >= 0.6 is 0 Å². The highest BCUT2D eigenvalue weighted by atomic mass is 32.2. The van der Waals surface area contributed by atoms with Crippen molar-refractivity contribution in [2.24, 2.45) is 5.92 Å². The van der Waals surface area contributed by atoms with Gasteiger partial charge in [-0.2, -0.15) is 0 Å². The monoisotopic (exact) mass is 368 g/mol. The van der Waals surface area contributed by atoms with E-state index in [4.69, 9.17) is 4.74 Å². The van der Waals surface area contributed by atoms with Crippen LogP contribution in [-0.4, -0.2) is 33.5 Å². The number of sulfonamides is 1. The van der Waals surface area contributed by atoms with E-state index in [9.17, 15) is 13.2 Å². The first kappa shape index (κ1) is 19.7. The Bertz CT molecular complexity index is 695. The summed E-state index contributed by atoms with van der Waals surface area (Å²) in [6.45, 7) is 5.99. The zero-order valence-electron chi connectivity index (χ0n) is 15.2. The van der Waals surface area contributed by atoms with Crippen molar-refractivity contribution >= 4 is 15.9 Å². The average molecular weight is 368 g/mol. The van der Waals surface area contributed by atoms with Crippen molar-refractivity contribution < 1.29 is 17.9 Å². The summed E-state index contributed by atoms with van der Waals surface area (Å²) in [5.74, 6) is 0.614. The molecule has 1 amide bonds. The third-order valence-electron chi connectivity index (χ3n) is 4.22. The van der Waals surface area contributed by atoms with Gasteiger partial charge in [0.1, 0.15) is 5.75 Å². The molecule has 0 saturated heterocycles. The van der Waals surface area contributed by atoms with E-state index >= 15 is 0 Å². The Hall–Kier alpha value is -1.60. The minimum Gasteiger partial charge on any atom is -0.484 e. The first-order valence-corrected chi connectivity index (χ1v) is 10.3. The standard InChI is InChI=1S/C18H28N2O4S/c1-13(2)11-19-25(22,23)16-8-9-17(14(3)10-16)24-12-18(21)20-15-6-4-5-7-15/h8-10,13,15,19H,4-7,11-12H2,1-3H3,(H,20,21). The fourth-order valence-electron chi connectivity index (χ4n) is 2.79. The molecule has 0 unspecified atom stereocenters. The molecule has 2 rings (SSSR count). The minimum atomic E-state index is -3.53. The zero-order valence-corrected chi connectivity index (χ0v) is 16.0. The number of amides is 1. The highest BCUT2D eigenvalue weighted by Crippen LogP contribution is 2.22. The summed E-state index contributed by atoms with van der Waals surface area (Å²) in [5, 5.41) is 2.96. The van der Waals surface area contributed by atoms with Crippen LogP contribution < -0.4 is 14.8 Å². The topological polar surface area (TPSA) is 84.5 Å². The van der Waals surface area contributed by atoms with E-state index in [1.54, 1.807) is 19.1 Å². The van der Waals surface area contributed by atoms with Gasteiger partial charge < -0.3 is 10.1 Å². The van der Waals surface area contributed by atoms with Crippen LogP contribution in [0.2, 0.25) is 0 Å². The molecular weight excluding hydrogens is 340 g/mol. The molecule has 1 aromatic rings. The van der Waals surface area contributed by atoms with E-state index in [1.165, 1.54) is 6.07 Å². The number of carbonyl (C=O) groups is 1. The lowest BCUT2D eigenvalue weighted by Gasteiger charge is -2.14. The zero-order chi connectivity index (χ0) is 18.4. The molecular formula is C18H28N2O4S. The molecule has 0 aliphatic heterocycles. The average Bonchev–Trinajstić information content (AvgIpc) is 3.04. The SMILES string of the molecule is Cc1cc(S(=O)(=O)NCC(C)C)ccc1OCC(=O)NC1CCCC1. The summed E-state index contributed by atoms with van der Waals surface area (Å²) in [4.78, 5) is 12.1. The van der Waals surface area contributed by atoms with E-state index in [2.05, 4.69) is 10.0 Å². The molecule has 1 aliphatic carbocycles. The number of aryl methyl sites for hydroxylation is 1. The summed E-state index contributed by atoms with van der Waals surface area (Å²) in [6.07, 6.45) is 4.37. The van der Waals surface area contributed by atoms with Crippen LogP contribution in [0.3, 0.4) is 0 Å². The van der Waals surface area contributed by atoms with Crippen molar-refractivity contribution in [3.8, 4) is 5.75 Å². The van der Waals surface area contributed by atoms with Gasteiger partial charge in [0.05, 0.1) is 4.90 Å². The quantitative estimate of drug-likeness (QED) is 0.738. The second-order valence-electron chi connectivity index (χ2n) is 7.01. The maximum Gasteiger partial charge on any atom is 0.258 e. The largest absolute Gasteiger partial charge is 0.484 e. The molecule has 1 fully saturated rings. The molecule has 25 heavy (non-hydrogen) atoms. The maximum absolute atomic E-state index is 12.2. The first-order valence-electron chi connectivity index (χ1n) is 8.80. The van der Waals surface area contributed by atoms with E-state index in [-0.39, 0.29) is 29.4 Å². The summed E-state index contributed by atoms with van der Waals surface area (Å²) in [7, 11) is -3.53. The predicted octanol–water partition coefficient (Wildman–Crippen LogP) is 2.37. The van der Waals surface area contributed by atoms with Crippen LogP contribution in [0.5, 0.6) is 5.75 Å². The van der Waals surface area contributed by atoms with Crippen molar-refractivity contribution in [1.29, 1.82) is 0 Å². The summed E-state index contributed by atoms with van der Waals surface area (Å²) < 4.78 is 32.6. The molecule has 7 heteroatoms. The Morgan fingerprint density at radius 2 is 1.96 bits per heavy atom. The number of hydrogen-bond donors (Lipinski definition) is 2.